The van der Waals surface area contributed by atoms with Crippen LogP contribution in [0.15, 0.2) is 35.1 Å². The van der Waals surface area contributed by atoms with E-state index in [4.69, 9.17) is 4.74 Å². The van der Waals surface area contributed by atoms with Crippen molar-refractivity contribution in [3.63, 3.8) is 0 Å². The number of amides is 1. The van der Waals surface area contributed by atoms with Crippen LogP contribution in [0.5, 0.6) is 5.75 Å². The number of ether oxygens (including phenoxy) is 1. The second-order valence-electron chi connectivity index (χ2n) is 6.75. The van der Waals surface area contributed by atoms with Gasteiger partial charge in [0.2, 0.25) is 5.95 Å². The number of methoxy groups -OCH3 is 1. The first-order chi connectivity index (χ1) is 13.2. The summed E-state index contributed by atoms with van der Waals surface area (Å²) in [6, 6.07) is 6.37. The maximum atomic E-state index is 13.2. The van der Waals surface area contributed by atoms with Crippen molar-refractivity contribution >= 4 is 11.9 Å². The van der Waals surface area contributed by atoms with E-state index in [1.807, 2.05) is 6.92 Å². The van der Waals surface area contributed by atoms with Crippen LogP contribution < -0.4 is 15.2 Å². The van der Waals surface area contributed by atoms with Gasteiger partial charge in [-0.25, -0.2) is 4.98 Å². The van der Waals surface area contributed by atoms with Crippen LogP contribution in [0.4, 0.5) is 19.1 Å². The Labute approximate surface area is 159 Å². The molecule has 1 aliphatic rings. The third kappa shape index (κ3) is 3.48. The number of carbonyl (C=O) groups excluding carboxylic acids is 1. The molecule has 0 bridgehead atoms. The highest BCUT2D eigenvalue weighted by atomic mass is 19.4. The molecule has 1 amide bonds. The predicted octanol–water partition coefficient (Wildman–Crippen LogP) is 3.40. The van der Waals surface area contributed by atoms with Crippen molar-refractivity contribution in [2.45, 2.75) is 39.0 Å². The molecule has 2 aromatic rings. The number of anilines is 1. The molecule has 2 atom stereocenters. The number of halogens is 3. The summed E-state index contributed by atoms with van der Waals surface area (Å²) in [5, 5.41) is 0. The van der Waals surface area contributed by atoms with Crippen LogP contribution >= 0.6 is 0 Å². The second kappa shape index (κ2) is 7.29. The van der Waals surface area contributed by atoms with Crippen LogP contribution in [-0.4, -0.2) is 22.6 Å². The molecule has 3 rings (SSSR count). The molecule has 0 radical (unpaired) electrons. The topological polar surface area (TPSA) is 64.4 Å². The van der Waals surface area contributed by atoms with Gasteiger partial charge in [-0.1, -0.05) is 32.4 Å². The summed E-state index contributed by atoms with van der Waals surface area (Å²) in [5.41, 5.74) is -1.51. The zero-order valence-corrected chi connectivity index (χ0v) is 15.7. The smallest absolute Gasteiger partial charge is 0.433 e. The number of hydrogen-bond donors (Lipinski definition) is 0. The summed E-state index contributed by atoms with van der Waals surface area (Å²) >= 11 is 0. The first kappa shape index (κ1) is 19.9. The Kier molecular flexibility index (Phi) is 5.18. The second-order valence-corrected chi connectivity index (χ2v) is 6.75. The van der Waals surface area contributed by atoms with Crippen LogP contribution in [-0.2, 0) is 17.5 Å². The van der Waals surface area contributed by atoms with E-state index in [2.05, 4.69) is 4.98 Å². The van der Waals surface area contributed by atoms with Gasteiger partial charge in [-0.15, -0.1) is 0 Å². The highest BCUT2D eigenvalue weighted by molar-refractivity contribution is 5.98. The van der Waals surface area contributed by atoms with Crippen molar-refractivity contribution in [2.24, 2.45) is 5.92 Å². The number of carbonyl (C=O) groups is 1. The molecule has 0 fully saturated rings. The minimum Gasteiger partial charge on any atom is -0.497 e. The number of hydrogen-bond acceptors (Lipinski definition) is 4. The minimum absolute atomic E-state index is 0.00348. The maximum Gasteiger partial charge on any atom is 0.433 e. The molecule has 1 aromatic carbocycles. The van der Waals surface area contributed by atoms with Gasteiger partial charge in [-0.05, 0) is 23.6 Å². The van der Waals surface area contributed by atoms with E-state index in [9.17, 15) is 22.8 Å². The summed E-state index contributed by atoms with van der Waals surface area (Å²) in [7, 11) is 1.51. The summed E-state index contributed by atoms with van der Waals surface area (Å²) in [6.45, 7) is 3.64. The molecule has 6 nitrogen and oxygen atoms in total. The van der Waals surface area contributed by atoms with Crippen molar-refractivity contribution in [3.05, 3.63) is 51.9 Å². The molecule has 9 heteroatoms. The average molecular weight is 395 g/mol. The van der Waals surface area contributed by atoms with Crippen molar-refractivity contribution in [1.29, 1.82) is 0 Å². The van der Waals surface area contributed by atoms with Gasteiger partial charge in [0.15, 0.2) is 5.69 Å². The lowest BCUT2D eigenvalue weighted by Gasteiger charge is -2.18. The van der Waals surface area contributed by atoms with Crippen LogP contribution in [0.2, 0.25) is 0 Å². The largest absolute Gasteiger partial charge is 0.497 e. The molecule has 0 saturated heterocycles. The standard InChI is InChI=1S/C19H20F3N3O3/c1-4-11(2)16-17(27)24(10-12-5-7-13(28-3)8-6-12)18-23-14(19(20,21)22)9-15(26)25(16)18/h5-9,11,16H,4,10H2,1-3H3. The highest BCUT2D eigenvalue weighted by Gasteiger charge is 2.44. The molecule has 1 aliphatic heterocycles. The highest BCUT2D eigenvalue weighted by Crippen LogP contribution is 2.36. The zero-order chi connectivity index (χ0) is 20.6. The van der Waals surface area contributed by atoms with Gasteiger partial charge < -0.3 is 4.74 Å². The van der Waals surface area contributed by atoms with Crippen molar-refractivity contribution in [2.75, 3.05) is 12.0 Å². The summed E-state index contributed by atoms with van der Waals surface area (Å²) in [4.78, 5) is 30.3. The number of alkyl halides is 3. The SMILES string of the molecule is CCC(C)C1C(=O)N(Cc2ccc(OC)cc2)c2nc(C(F)(F)F)cc(=O)n21. The molecule has 0 N–H and O–H groups in total. The molecule has 1 aromatic heterocycles. The Bertz CT molecular complexity index is 938. The molecule has 2 heterocycles. The Morgan fingerprint density at radius 2 is 1.86 bits per heavy atom. The number of fused-ring (bicyclic) bond motifs is 1. The molecule has 2 unspecified atom stereocenters. The van der Waals surface area contributed by atoms with E-state index in [1.165, 1.54) is 7.11 Å². The quantitative estimate of drug-likeness (QED) is 0.778. The number of aromatic nitrogens is 2. The fraction of sp³-hybridized carbons (Fsp3) is 0.421. The van der Waals surface area contributed by atoms with Gasteiger partial charge in [0.1, 0.15) is 11.8 Å². The van der Waals surface area contributed by atoms with E-state index in [0.29, 0.717) is 23.8 Å². The normalized spacial score (nSPS) is 17.6. The van der Waals surface area contributed by atoms with Crippen LogP contribution in [0, 0.1) is 5.92 Å². The Balaban J connectivity index is 2.09. The van der Waals surface area contributed by atoms with Gasteiger partial charge in [-0.2, -0.15) is 13.2 Å². The van der Waals surface area contributed by atoms with Crippen LogP contribution in [0.1, 0.15) is 37.6 Å². The summed E-state index contributed by atoms with van der Waals surface area (Å²) in [5.74, 6) is -0.327. The van der Waals surface area contributed by atoms with E-state index < -0.39 is 29.4 Å². The van der Waals surface area contributed by atoms with Crippen molar-refractivity contribution in [3.8, 4) is 5.75 Å². The first-order valence-corrected chi connectivity index (χ1v) is 8.82. The monoisotopic (exact) mass is 395 g/mol. The van der Waals surface area contributed by atoms with Gasteiger partial charge in [-0.3, -0.25) is 19.1 Å². The molecular weight excluding hydrogens is 375 g/mol. The van der Waals surface area contributed by atoms with E-state index in [-0.39, 0.29) is 18.4 Å². The van der Waals surface area contributed by atoms with Crippen molar-refractivity contribution in [1.82, 2.24) is 9.55 Å². The summed E-state index contributed by atoms with van der Waals surface area (Å²) < 4.78 is 45.7. The summed E-state index contributed by atoms with van der Waals surface area (Å²) in [6.07, 6.45) is -4.20. The Morgan fingerprint density at radius 1 is 1.21 bits per heavy atom. The lowest BCUT2D eigenvalue weighted by Crippen LogP contribution is -2.32. The molecule has 150 valence electrons. The van der Waals surface area contributed by atoms with Crippen LogP contribution in [0.25, 0.3) is 0 Å². The van der Waals surface area contributed by atoms with E-state index in [0.717, 1.165) is 9.47 Å². The predicted molar refractivity (Wildman–Crippen MR) is 96.2 cm³/mol. The molecule has 0 aliphatic carbocycles. The maximum absolute atomic E-state index is 13.2. The molecule has 0 spiro atoms. The number of benzene rings is 1. The van der Waals surface area contributed by atoms with E-state index >= 15 is 0 Å². The molecule has 28 heavy (non-hydrogen) atoms. The lowest BCUT2D eigenvalue weighted by atomic mass is 9.98. The molecular formula is C19H20F3N3O3. The van der Waals surface area contributed by atoms with Gasteiger partial charge >= 0.3 is 6.18 Å². The molecule has 0 saturated carbocycles. The Hall–Kier alpha value is -2.84. The first-order valence-electron chi connectivity index (χ1n) is 8.82. The zero-order valence-electron chi connectivity index (χ0n) is 15.7. The van der Waals surface area contributed by atoms with Crippen molar-refractivity contribution < 1.29 is 22.7 Å². The Morgan fingerprint density at radius 3 is 2.39 bits per heavy atom. The van der Waals surface area contributed by atoms with Gasteiger partial charge in [0.05, 0.1) is 13.7 Å². The lowest BCUT2D eigenvalue weighted by molar-refractivity contribution is -0.141. The fourth-order valence-electron chi connectivity index (χ4n) is 3.23. The number of nitrogens with zero attached hydrogens (tertiary/aromatic N) is 3. The van der Waals surface area contributed by atoms with E-state index in [1.54, 1.807) is 31.2 Å². The fourth-order valence-corrected chi connectivity index (χ4v) is 3.23. The third-order valence-electron chi connectivity index (χ3n) is 4.95. The number of rotatable bonds is 5. The van der Waals surface area contributed by atoms with Gasteiger partial charge in [0.25, 0.3) is 11.5 Å². The average Bonchev–Trinajstić information content (AvgIpc) is 2.93. The third-order valence-corrected chi connectivity index (χ3v) is 4.95. The minimum atomic E-state index is -4.78. The van der Waals surface area contributed by atoms with Gasteiger partial charge in [0, 0.05) is 6.07 Å². The van der Waals surface area contributed by atoms with Crippen LogP contribution in [0.3, 0.4) is 0 Å².